The Balaban J connectivity index is 1.61. The van der Waals surface area contributed by atoms with Gasteiger partial charge in [-0.15, -0.1) is 0 Å². The molecule has 0 aliphatic carbocycles. The molecule has 1 aromatic heterocycles. The van der Waals surface area contributed by atoms with Gasteiger partial charge in [-0.3, -0.25) is 4.79 Å². The first-order valence-electron chi connectivity index (χ1n) is 6.62. The highest BCUT2D eigenvalue weighted by atomic mass is 35.5. The van der Waals surface area contributed by atoms with Gasteiger partial charge in [0.1, 0.15) is 12.4 Å². The van der Waals surface area contributed by atoms with Gasteiger partial charge in [0.05, 0.1) is 11.6 Å². The molecule has 1 aliphatic heterocycles. The molecule has 21 heavy (non-hydrogen) atoms. The van der Waals surface area contributed by atoms with E-state index >= 15 is 0 Å². The number of nitrogens with zero attached hydrogens (tertiary/aromatic N) is 1. The van der Waals surface area contributed by atoms with E-state index in [0.29, 0.717) is 23.8 Å². The second kappa shape index (κ2) is 5.77. The highest BCUT2D eigenvalue weighted by Crippen LogP contribution is 2.30. The zero-order chi connectivity index (χ0) is 14.8. The third kappa shape index (κ3) is 3.19. The molecule has 2 heterocycles. The molecule has 1 aliphatic rings. The highest BCUT2D eigenvalue weighted by Gasteiger charge is 2.27. The maximum atomic E-state index is 12.1. The second-order valence-corrected chi connectivity index (χ2v) is 5.44. The van der Waals surface area contributed by atoms with Crippen molar-refractivity contribution in [2.45, 2.75) is 20.0 Å². The zero-order valence-electron chi connectivity index (χ0n) is 11.5. The quantitative estimate of drug-likeness (QED) is 0.816. The van der Waals surface area contributed by atoms with E-state index in [2.05, 4.69) is 5.16 Å². The van der Waals surface area contributed by atoms with Crippen molar-refractivity contribution in [2.75, 3.05) is 6.61 Å². The van der Waals surface area contributed by atoms with E-state index < -0.39 is 0 Å². The van der Waals surface area contributed by atoms with Gasteiger partial charge in [0, 0.05) is 11.1 Å². The summed E-state index contributed by atoms with van der Waals surface area (Å²) in [7, 11) is 0. The first-order chi connectivity index (χ1) is 10.1. The van der Waals surface area contributed by atoms with Crippen molar-refractivity contribution in [1.82, 2.24) is 5.16 Å². The van der Waals surface area contributed by atoms with Crippen molar-refractivity contribution >= 4 is 17.6 Å². The summed E-state index contributed by atoms with van der Waals surface area (Å²) in [5.41, 5.74) is 1.68. The summed E-state index contributed by atoms with van der Waals surface area (Å²) in [5.74, 6) is 0.657. The van der Waals surface area contributed by atoms with Crippen molar-refractivity contribution in [1.29, 1.82) is 0 Å². The molecule has 0 saturated carbocycles. The van der Waals surface area contributed by atoms with Crippen molar-refractivity contribution < 1.29 is 18.8 Å². The minimum atomic E-state index is -0.333. The zero-order valence-corrected chi connectivity index (χ0v) is 12.2. The summed E-state index contributed by atoms with van der Waals surface area (Å²) in [6, 6.07) is 7.14. The standard InChI is InChI=1S/C15H14ClNO4/c1-9-4-13(21-17-9)8-20-15(18)11-5-10-6-12(16)2-3-14(10)19-7-11/h2-4,6,11H,5,7-8H2,1H3. The molecule has 1 atom stereocenters. The lowest BCUT2D eigenvalue weighted by Crippen LogP contribution is -2.29. The minimum Gasteiger partial charge on any atom is -0.492 e. The fourth-order valence-electron chi connectivity index (χ4n) is 2.26. The van der Waals surface area contributed by atoms with Crippen LogP contribution in [0.15, 0.2) is 28.8 Å². The largest absolute Gasteiger partial charge is 0.492 e. The van der Waals surface area contributed by atoms with Crippen LogP contribution in [0.25, 0.3) is 0 Å². The van der Waals surface area contributed by atoms with E-state index in [9.17, 15) is 4.79 Å². The molecule has 0 fully saturated rings. The number of rotatable bonds is 3. The van der Waals surface area contributed by atoms with Gasteiger partial charge < -0.3 is 14.0 Å². The van der Waals surface area contributed by atoms with Crippen LogP contribution >= 0.6 is 11.6 Å². The first kappa shape index (κ1) is 13.9. The van der Waals surface area contributed by atoms with Gasteiger partial charge in [-0.1, -0.05) is 16.8 Å². The Morgan fingerprint density at radius 1 is 1.48 bits per heavy atom. The Hall–Kier alpha value is -2.01. The summed E-state index contributed by atoms with van der Waals surface area (Å²) in [4.78, 5) is 12.1. The van der Waals surface area contributed by atoms with E-state index in [-0.39, 0.29) is 18.5 Å². The van der Waals surface area contributed by atoms with Crippen LogP contribution in [0, 0.1) is 12.8 Å². The number of aromatic nitrogens is 1. The Morgan fingerprint density at radius 3 is 3.10 bits per heavy atom. The lowest BCUT2D eigenvalue weighted by atomic mass is 9.97. The van der Waals surface area contributed by atoms with Crippen LogP contribution in [-0.4, -0.2) is 17.7 Å². The molecule has 110 valence electrons. The minimum absolute atomic E-state index is 0.0819. The van der Waals surface area contributed by atoms with Crippen LogP contribution in [-0.2, 0) is 22.6 Å². The van der Waals surface area contributed by atoms with Crippen LogP contribution in [0.5, 0.6) is 5.75 Å². The average molecular weight is 308 g/mol. The molecular formula is C15H14ClNO4. The fourth-order valence-corrected chi connectivity index (χ4v) is 2.45. The molecule has 3 rings (SSSR count). The molecule has 1 unspecified atom stereocenters. The van der Waals surface area contributed by atoms with E-state index in [1.165, 1.54) is 0 Å². The Labute approximate surface area is 126 Å². The summed E-state index contributed by atoms with van der Waals surface area (Å²) in [6.07, 6.45) is 0.560. The molecule has 0 amide bonds. The second-order valence-electron chi connectivity index (χ2n) is 5.01. The predicted octanol–water partition coefficient (Wildman–Crippen LogP) is 2.93. The van der Waals surface area contributed by atoms with Gasteiger partial charge in [-0.25, -0.2) is 0 Å². The Kier molecular flexibility index (Phi) is 3.84. The van der Waals surface area contributed by atoms with Crippen LogP contribution in [0.4, 0.5) is 0 Å². The van der Waals surface area contributed by atoms with Crippen LogP contribution in [0.1, 0.15) is 17.0 Å². The monoisotopic (exact) mass is 307 g/mol. The first-order valence-corrected chi connectivity index (χ1v) is 6.99. The predicted molar refractivity (Wildman–Crippen MR) is 75.2 cm³/mol. The summed E-state index contributed by atoms with van der Waals surface area (Å²) >= 11 is 5.96. The van der Waals surface area contributed by atoms with E-state index in [0.717, 1.165) is 17.0 Å². The van der Waals surface area contributed by atoms with Crippen molar-refractivity contribution in [2.24, 2.45) is 5.92 Å². The molecule has 0 spiro atoms. The summed E-state index contributed by atoms with van der Waals surface area (Å²) in [6.45, 7) is 2.20. The van der Waals surface area contributed by atoms with Crippen molar-refractivity contribution in [3.8, 4) is 5.75 Å². The molecule has 0 saturated heterocycles. The van der Waals surface area contributed by atoms with Gasteiger partial charge in [-0.2, -0.15) is 0 Å². The van der Waals surface area contributed by atoms with E-state index in [1.54, 1.807) is 12.1 Å². The lowest BCUT2D eigenvalue weighted by molar-refractivity contribution is -0.152. The molecule has 5 nitrogen and oxygen atoms in total. The Bertz CT molecular complexity index is 667. The number of ether oxygens (including phenoxy) is 2. The average Bonchev–Trinajstić information content (AvgIpc) is 2.89. The molecule has 1 aromatic carbocycles. The number of hydrogen-bond acceptors (Lipinski definition) is 5. The van der Waals surface area contributed by atoms with Gasteiger partial charge in [0.15, 0.2) is 12.4 Å². The van der Waals surface area contributed by atoms with Gasteiger partial charge >= 0.3 is 5.97 Å². The van der Waals surface area contributed by atoms with Crippen molar-refractivity contribution in [3.63, 3.8) is 0 Å². The third-order valence-electron chi connectivity index (χ3n) is 3.30. The highest BCUT2D eigenvalue weighted by molar-refractivity contribution is 6.30. The maximum absolute atomic E-state index is 12.1. The summed E-state index contributed by atoms with van der Waals surface area (Å²) in [5, 5.41) is 4.37. The SMILES string of the molecule is Cc1cc(COC(=O)C2COc3ccc(Cl)cc3C2)on1. The van der Waals surface area contributed by atoms with Crippen LogP contribution in [0.3, 0.4) is 0 Å². The third-order valence-corrected chi connectivity index (χ3v) is 3.53. The molecule has 6 heteroatoms. The normalized spacial score (nSPS) is 17.0. The number of carbonyl (C=O) groups is 1. The van der Waals surface area contributed by atoms with Crippen LogP contribution in [0.2, 0.25) is 5.02 Å². The number of fused-ring (bicyclic) bond motifs is 1. The lowest BCUT2D eigenvalue weighted by Gasteiger charge is -2.23. The molecular weight excluding hydrogens is 294 g/mol. The number of hydrogen-bond donors (Lipinski definition) is 0. The molecule has 2 aromatic rings. The molecule has 0 radical (unpaired) electrons. The number of halogens is 1. The van der Waals surface area contributed by atoms with Crippen molar-refractivity contribution in [3.05, 3.63) is 46.3 Å². The summed E-state index contributed by atoms with van der Waals surface area (Å²) < 4.78 is 15.8. The van der Waals surface area contributed by atoms with E-state index in [4.69, 9.17) is 25.6 Å². The number of aryl methyl sites for hydroxylation is 1. The number of benzene rings is 1. The fraction of sp³-hybridized carbons (Fsp3) is 0.333. The molecule has 0 bridgehead atoms. The van der Waals surface area contributed by atoms with Gasteiger partial charge in [0.2, 0.25) is 0 Å². The number of carbonyl (C=O) groups excluding carboxylic acids is 1. The maximum Gasteiger partial charge on any atom is 0.313 e. The topological polar surface area (TPSA) is 61.6 Å². The van der Waals surface area contributed by atoms with Crippen LogP contribution < -0.4 is 4.74 Å². The smallest absolute Gasteiger partial charge is 0.313 e. The van der Waals surface area contributed by atoms with Gasteiger partial charge in [0.25, 0.3) is 0 Å². The Morgan fingerprint density at radius 2 is 2.33 bits per heavy atom. The number of esters is 1. The van der Waals surface area contributed by atoms with Gasteiger partial charge in [-0.05, 0) is 37.1 Å². The molecule has 0 N–H and O–H groups in total. The van der Waals surface area contributed by atoms with E-state index in [1.807, 2.05) is 19.1 Å².